The summed E-state index contributed by atoms with van der Waals surface area (Å²) in [4.78, 5) is 32.8. The first kappa shape index (κ1) is 31.6. The van der Waals surface area contributed by atoms with Crippen LogP contribution in [0.15, 0.2) is 36.9 Å². The molecule has 0 bridgehead atoms. The fraction of sp³-hybridized carbons (Fsp3) is 0.346. The molecule has 0 aliphatic heterocycles. The molecular weight excluding hydrogens is 603 g/mol. The molecule has 1 atom stereocenters. The molecule has 4 N–H and O–H groups in total. The fourth-order valence-corrected chi connectivity index (χ4v) is 4.63. The van der Waals surface area contributed by atoms with Gasteiger partial charge in [0.25, 0.3) is 18.8 Å². The molecule has 230 valence electrons. The van der Waals surface area contributed by atoms with Gasteiger partial charge in [-0.15, -0.1) is 11.6 Å². The Labute approximate surface area is 246 Å². The van der Waals surface area contributed by atoms with Gasteiger partial charge in [-0.3, -0.25) is 18.7 Å². The first-order chi connectivity index (χ1) is 20.5. The van der Waals surface area contributed by atoms with E-state index in [1.54, 1.807) is 6.92 Å². The lowest BCUT2D eigenvalue weighted by atomic mass is 10.0. The summed E-state index contributed by atoms with van der Waals surface area (Å²) in [5, 5.41) is 9.05. The van der Waals surface area contributed by atoms with E-state index in [1.807, 2.05) is 0 Å². The summed E-state index contributed by atoms with van der Waals surface area (Å²) in [5.74, 6) is -0.234. The van der Waals surface area contributed by atoms with Gasteiger partial charge in [0, 0.05) is 48.1 Å². The van der Waals surface area contributed by atoms with Gasteiger partial charge in [0.05, 0.1) is 23.1 Å². The van der Waals surface area contributed by atoms with Gasteiger partial charge in [0.2, 0.25) is 0 Å². The number of nitrogens with one attached hydrogen (secondary N) is 2. The van der Waals surface area contributed by atoms with Crippen LogP contribution in [-0.4, -0.2) is 61.9 Å². The van der Waals surface area contributed by atoms with E-state index in [2.05, 4.69) is 25.7 Å². The smallest absolute Gasteiger partial charge is 0.426 e. The van der Waals surface area contributed by atoms with Gasteiger partial charge in [-0.2, -0.15) is 18.3 Å². The lowest BCUT2D eigenvalue weighted by molar-refractivity contribution is -0.141. The largest absolute Gasteiger partial charge is 0.435 e. The number of anilines is 2. The second-order valence-electron chi connectivity index (χ2n) is 9.24. The number of ether oxygens (including phenoxy) is 1. The molecule has 0 saturated carbocycles. The molecule has 1 unspecified atom stereocenters. The van der Waals surface area contributed by atoms with Crippen molar-refractivity contribution in [1.82, 2.24) is 29.5 Å². The van der Waals surface area contributed by atoms with Crippen molar-refractivity contribution < 1.29 is 36.3 Å². The van der Waals surface area contributed by atoms with Gasteiger partial charge in [0.15, 0.2) is 22.9 Å². The number of carbonyl (C=O) groups excluding carboxylic acids is 2. The van der Waals surface area contributed by atoms with Crippen LogP contribution in [0.3, 0.4) is 0 Å². The maximum absolute atomic E-state index is 13.8. The number of hydrogen-bond acceptors (Lipinski definition) is 8. The summed E-state index contributed by atoms with van der Waals surface area (Å²) in [6, 6.07) is 2.98. The Hall–Kier alpha value is -4.31. The van der Waals surface area contributed by atoms with Gasteiger partial charge < -0.3 is 21.1 Å². The van der Waals surface area contributed by atoms with E-state index in [-0.39, 0.29) is 71.9 Å². The summed E-state index contributed by atoms with van der Waals surface area (Å²) in [6.45, 7) is 1.42. The van der Waals surface area contributed by atoms with Crippen molar-refractivity contribution in [2.24, 2.45) is 11.7 Å². The second kappa shape index (κ2) is 13.3. The van der Waals surface area contributed by atoms with E-state index in [0.717, 1.165) is 12.4 Å². The number of hydrogen-bond donors (Lipinski definition) is 3. The summed E-state index contributed by atoms with van der Waals surface area (Å²) in [5.41, 5.74) is 4.67. The molecule has 11 nitrogen and oxygen atoms in total. The maximum Gasteiger partial charge on any atom is 0.435 e. The number of alkyl halides is 6. The summed E-state index contributed by atoms with van der Waals surface area (Å²) < 4.78 is 74.1. The summed E-state index contributed by atoms with van der Waals surface area (Å²) in [6.07, 6.45) is -2.93. The molecule has 1 amide bonds. The number of imidazole rings is 1. The third-order valence-corrected chi connectivity index (χ3v) is 6.88. The van der Waals surface area contributed by atoms with Crippen molar-refractivity contribution in [3.63, 3.8) is 0 Å². The lowest BCUT2D eigenvalue weighted by Crippen LogP contribution is -2.34. The molecule has 1 aromatic carbocycles. The zero-order valence-corrected chi connectivity index (χ0v) is 23.3. The predicted molar refractivity (Wildman–Crippen MR) is 147 cm³/mol. The molecule has 17 heteroatoms. The van der Waals surface area contributed by atoms with Crippen LogP contribution in [0.4, 0.5) is 33.5 Å². The molecule has 43 heavy (non-hydrogen) atoms. The van der Waals surface area contributed by atoms with E-state index < -0.39 is 36.3 Å². The standard InChI is InChI=1S/C26H26ClF5N8O3/c1-2-15-16(25(42)36-9-14(7-27)8-33)3-4-18(21(15)43-13-41)37-23-24-35-10-19(40(24)6-5-34-23)17-11-39(12-20(28)29)38-22(17)26(30,31)32/h3-6,10-11,13-14,20H,2,7-9,12,33H2,1H3,(H,34,37)(H,36,42). The van der Waals surface area contributed by atoms with E-state index >= 15 is 0 Å². The van der Waals surface area contributed by atoms with Crippen LogP contribution >= 0.6 is 11.6 Å². The first-order valence-electron chi connectivity index (χ1n) is 12.8. The van der Waals surface area contributed by atoms with Gasteiger partial charge in [-0.05, 0) is 25.1 Å². The molecule has 4 aromatic rings. The number of fused-ring (bicyclic) bond motifs is 1. The number of nitrogens with zero attached hydrogens (tertiary/aromatic N) is 5. The minimum Gasteiger partial charge on any atom is -0.426 e. The lowest BCUT2D eigenvalue weighted by Gasteiger charge is -2.18. The molecule has 3 aromatic heterocycles. The summed E-state index contributed by atoms with van der Waals surface area (Å²) >= 11 is 5.85. The van der Waals surface area contributed by atoms with Gasteiger partial charge in [0.1, 0.15) is 6.54 Å². The van der Waals surface area contributed by atoms with Crippen LogP contribution in [0.25, 0.3) is 16.9 Å². The molecule has 0 aliphatic rings. The average Bonchev–Trinajstić information content (AvgIpc) is 3.58. The highest BCUT2D eigenvalue weighted by atomic mass is 35.5. The molecule has 0 aliphatic carbocycles. The number of halogens is 6. The molecule has 0 saturated heterocycles. The van der Waals surface area contributed by atoms with Gasteiger partial charge in [-0.1, -0.05) is 6.92 Å². The Morgan fingerprint density at radius 2 is 2.02 bits per heavy atom. The van der Waals surface area contributed by atoms with Crippen molar-refractivity contribution >= 4 is 41.1 Å². The normalized spacial score (nSPS) is 12.5. The highest BCUT2D eigenvalue weighted by Crippen LogP contribution is 2.38. The maximum atomic E-state index is 13.8. The quantitative estimate of drug-likeness (QED) is 0.113. The highest BCUT2D eigenvalue weighted by molar-refractivity contribution is 6.18. The number of amides is 1. The van der Waals surface area contributed by atoms with Crippen LogP contribution in [0, 0.1) is 5.92 Å². The molecule has 0 radical (unpaired) electrons. The molecule has 0 spiro atoms. The van der Waals surface area contributed by atoms with Crippen LogP contribution in [0.2, 0.25) is 0 Å². The fourth-order valence-electron chi connectivity index (χ4n) is 4.39. The Balaban J connectivity index is 1.73. The third kappa shape index (κ3) is 6.85. The second-order valence-corrected chi connectivity index (χ2v) is 9.55. The predicted octanol–water partition coefficient (Wildman–Crippen LogP) is 4.26. The zero-order valence-electron chi connectivity index (χ0n) is 22.5. The number of aromatic nitrogens is 5. The summed E-state index contributed by atoms with van der Waals surface area (Å²) in [7, 11) is 0. The highest BCUT2D eigenvalue weighted by Gasteiger charge is 2.38. The van der Waals surface area contributed by atoms with Crippen LogP contribution in [0.5, 0.6) is 5.75 Å². The van der Waals surface area contributed by atoms with Gasteiger partial charge >= 0.3 is 6.18 Å². The van der Waals surface area contributed by atoms with Crippen molar-refractivity contribution in [1.29, 1.82) is 0 Å². The Kier molecular flexibility index (Phi) is 9.80. The zero-order chi connectivity index (χ0) is 31.3. The number of nitrogens with two attached hydrogens (primary N) is 1. The first-order valence-corrected chi connectivity index (χ1v) is 13.4. The topological polar surface area (TPSA) is 141 Å². The average molecular weight is 629 g/mol. The van der Waals surface area contributed by atoms with Crippen molar-refractivity contribution in [3.05, 3.63) is 53.7 Å². The minimum absolute atomic E-state index is 0.0288. The van der Waals surface area contributed by atoms with Crippen LogP contribution in [0.1, 0.15) is 28.5 Å². The Bertz CT molecular complexity index is 1600. The number of benzene rings is 1. The molecule has 4 rings (SSSR count). The minimum atomic E-state index is -4.93. The molecule has 0 fully saturated rings. The van der Waals surface area contributed by atoms with Gasteiger partial charge in [-0.25, -0.2) is 18.7 Å². The number of carbonyl (C=O) groups is 2. The Morgan fingerprint density at radius 1 is 1.26 bits per heavy atom. The van der Waals surface area contributed by atoms with E-state index in [0.29, 0.717) is 10.2 Å². The van der Waals surface area contributed by atoms with Crippen molar-refractivity contribution in [2.75, 3.05) is 24.3 Å². The Morgan fingerprint density at radius 3 is 2.65 bits per heavy atom. The molecule has 3 heterocycles. The molecular formula is C26H26ClF5N8O3. The van der Waals surface area contributed by atoms with Crippen LogP contribution in [-0.2, 0) is 23.9 Å². The van der Waals surface area contributed by atoms with Crippen molar-refractivity contribution in [3.8, 4) is 17.0 Å². The van der Waals surface area contributed by atoms with E-state index in [1.165, 1.54) is 28.9 Å². The van der Waals surface area contributed by atoms with Crippen molar-refractivity contribution in [2.45, 2.75) is 32.5 Å². The van der Waals surface area contributed by atoms with E-state index in [9.17, 15) is 31.5 Å². The number of rotatable bonds is 13. The third-order valence-electron chi connectivity index (χ3n) is 6.44. The monoisotopic (exact) mass is 628 g/mol. The SMILES string of the molecule is CCc1c(C(=O)NCC(CN)CCl)ccc(Nc2nccn3c(-c4cn(CC(F)F)nc4C(F)(F)F)cnc23)c1OC=O. The van der Waals surface area contributed by atoms with E-state index in [4.69, 9.17) is 22.1 Å². The van der Waals surface area contributed by atoms with Crippen LogP contribution < -0.4 is 21.1 Å².